The maximum atomic E-state index is 12.8. The lowest BCUT2D eigenvalue weighted by Gasteiger charge is -2.14. The number of imide groups is 1. The maximum absolute atomic E-state index is 12.8. The van der Waals surface area contributed by atoms with E-state index in [0.717, 1.165) is 16.7 Å². The topological polar surface area (TPSA) is 101 Å². The highest BCUT2D eigenvalue weighted by molar-refractivity contribution is 8.18. The van der Waals surface area contributed by atoms with Gasteiger partial charge in [0.25, 0.3) is 11.1 Å². The van der Waals surface area contributed by atoms with Crippen LogP contribution in [-0.2, 0) is 14.3 Å². The minimum Gasteiger partial charge on any atom is -0.493 e. The number of carbonyl (C=O) groups is 3. The Morgan fingerprint density at radius 2 is 1.68 bits per heavy atom. The third-order valence-corrected chi connectivity index (χ3v) is 5.56. The molecule has 0 radical (unpaired) electrons. The minimum absolute atomic E-state index is 0.0938. The predicted molar refractivity (Wildman–Crippen MR) is 126 cm³/mol. The summed E-state index contributed by atoms with van der Waals surface area (Å²) in [6.07, 6.45) is 1.59. The summed E-state index contributed by atoms with van der Waals surface area (Å²) in [5.74, 6) is 0.907. The van der Waals surface area contributed by atoms with Gasteiger partial charge in [-0.15, -0.1) is 0 Å². The van der Waals surface area contributed by atoms with Crippen LogP contribution in [0.25, 0.3) is 6.08 Å². The quantitative estimate of drug-likeness (QED) is 0.346. The van der Waals surface area contributed by atoms with Crippen molar-refractivity contribution in [3.63, 3.8) is 0 Å². The van der Waals surface area contributed by atoms with Crippen LogP contribution in [0.2, 0.25) is 0 Å². The summed E-state index contributed by atoms with van der Waals surface area (Å²) >= 11 is 0.843. The molecule has 0 atom stereocenters. The highest BCUT2D eigenvalue weighted by atomic mass is 32.2. The van der Waals surface area contributed by atoms with Gasteiger partial charge in [-0.3, -0.25) is 14.5 Å². The molecule has 0 unspecified atom stereocenters. The Kier molecular flexibility index (Phi) is 8.80. The normalized spacial score (nSPS) is 14.3. The van der Waals surface area contributed by atoms with Crippen LogP contribution in [0.5, 0.6) is 23.0 Å². The van der Waals surface area contributed by atoms with Crippen LogP contribution < -0.4 is 18.9 Å². The second kappa shape index (κ2) is 12.0. The van der Waals surface area contributed by atoms with Gasteiger partial charge in [0.2, 0.25) is 0 Å². The summed E-state index contributed by atoms with van der Waals surface area (Å²) in [4.78, 5) is 38.2. The van der Waals surface area contributed by atoms with Gasteiger partial charge in [-0.1, -0.05) is 18.2 Å². The van der Waals surface area contributed by atoms with E-state index in [4.69, 9.17) is 23.7 Å². The zero-order chi connectivity index (χ0) is 24.5. The van der Waals surface area contributed by atoms with Crippen LogP contribution in [0.3, 0.4) is 0 Å². The molecular weight excluding hydrogens is 462 g/mol. The van der Waals surface area contributed by atoms with E-state index >= 15 is 0 Å². The van der Waals surface area contributed by atoms with E-state index < -0.39 is 11.9 Å². The van der Waals surface area contributed by atoms with Crippen molar-refractivity contribution >= 4 is 35.0 Å². The molecule has 2 aromatic carbocycles. The fourth-order valence-electron chi connectivity index (χ4n) is 3.06. The summed E-state index contributed by atoms with van der Waals surface area (Å²) in [5.41, 5.74) is 0.607. The van der Waals surface area contributed by atoms with Crippen LogP contribution >= 0.6 is 11.8 Å². The van der Waals surface area contributed by atoms with Gasteiger partial charge in [0.15, 0.2) is 29.6 Å². The molecule has 1 aliphatic rings. The lowest BCUT2D eigenvalue weighted by Crippen LogP contribution is -2.32. The van der Waals surface area contributed by atoms with Crippen LogP contribution in [0.4, 0.5) is 4.79 Å². The number of para-hydroxylation sites is 2. The Labute approximate surface area is 201 Å². The molecule has 9 nitrogen and oxygen atoms in total. The van der Waals surface area contributed by atoms with Gasteiger partial charge in [-0.2, -0.15) is 0 Å². The maximum Gasteiger partial charge on any atom is 0.344 e. The van der Waals surface area contributed by atoms with Crippen molar-refractivity contribution in [3.05, 3.63) is 52.9 Å². The molecule has 0 spiro atoms. The lowest BCUT2D eigenvalue weighted by atomic mass is 10.2. The third kappa shape index (κ3) is 6.22. The first-order chi connectivity index (χ1) is 16.5. The van der Waals surface area contributed by atoms with Gasteiger partial charge in [0, 0.05) is 0 Å². The number of esters is 1. The van der Waals surface area contributed by atoms with Gasteiger partial charge < -0.3 is 23.7 Å². The van der Waals surface area contributed by atoms with Crippen LogP contribution in [0, 0.1) is 0 Å². The molecule has 0 N–H and O–H groups in total. The number of carbonyl (C=O) groups excluding carboxylic acids is 3. The number of ether oxygens (including phenoxy) is 5. The first kappa shape index (κ1) is 25.0. The summed E-state index contributed by atoms with van der Waals surface area (Å²) in [7, 11) is 3.01. The molecule has 3 rings (SSSR count). The smallest absolute Gasteiger partial charge is 0.344 e. The molecule has 1 aliphatic heterocycles. The standard InChI is InChI=1S/C24H25NO8S/c1-4-31-22(26)15-33-20-13-16(9-10-18(20)30-3)14-21-23(27)25(24(28)34-21)11-12-32-19-8-6-5-7-17(19)29-2/h5-10,13-14H,4,11-12,15H2,1-3H3/b21-14-. The molecule has 2 amide bonds. The highest BCUT2D eigenvalue weighted by Gasteiger charge is 2.34. The summed E-state index contributed by atoms with van der Waals surface area (Å²) in [6.45, 7) is 1.89. The Bertz CT molecular complexity index is 1080. The Hall–Kier alpha value is -3.66. The highest BCUT2D eigenvalue weighted by Crippen LogP contribution is 2.34. The number of hydrogen-bond acceptors (Lipinski definition) is 9. The second-order valence-corrected chi connectivity index (χ2v) is 7.83. The van der Waals surface area contributed by atoms with Gasteiger partial charge in [-0.05, 0) is 54.6 Å². The zero-order valence-electron chi connectivity index (χ0n) is 19.1. The first-order valence-electron chi connectivity index (χ1n) is 10.4. The van der Waals surface area contributed by atoms with Crippen LogP contribution in [-0.4, -0.2) is 62.6 Å². The molecule has 0 aromatic heterocycles. The molecule has 0 saturated carbocycles. The molecule has 34 heavy (non-hydrogen) atoms. The zero-order valence-corrected chi connectivity index (χ0v) is 19.9. The Balaban J connectivity index is 1.66. The monoisotopic (exact) mass is 487 g/mol. The van der Waals surface area contributed by atoms with Gasteiger partial charge in [0.05, 0.1) is 32.3 Å². The summed E-state index contributed by atoms with van der Waals surface area (Å²) < 4.78 is 26.5. The number of hydrogen-bond donors (Lipinski definition) is 0. The van der Waals surface area contributed by atoms with E-state index in [1.807, 2.05) is 6.07 Å². The van der Waals surface area contributed by atoms with Gasteiger partial charge in [0.1, 0.15) is 6.61 Å². The van der Waals surface area contributed by atoms with Crippen molar-refractivity contribution in [2.24, 2.45) is 0 Å². The van der Waals surface area contributed by atoms with Gasteiger partial charge >= 0.3 is 5.97 Å². The first-order valence-corrected chi connectivity index (χ1v) is 11.3. The summed E-state index contributed by atoms with van der Waals surface area (Å²) in [5, 5.41) is -0.382. The lowest BCUT2D eigenvalue weighted by molar-refractivity contribution is -0.145. The van der Waals surface area contributed by atoms with Crippen molar-refractivity contribution in [2.75, 3.05) is 40.6 Å². The van der Waals surface area contributed by atoms with E-state index in [-0.39, 0.29) is 36.5 Å². The average molecular weight is 488 g/mol. The molecule has 10 heteroatoms. The molecule has 0 bridgehead atoms. The average Bonchev–Trinajstić information content (AvgIpc) is 3.10. The minimum atomic E-state index is -0.508. The van der Waals surface area contributed by atoms with E-state index in [9.17, 15) is 14.4 Å². The molecule has 1 saturated heterocycles. The van der Waals surface area contributed by atoms with Crippen molar-refractivity contribution in [3.8, 4) is 23.0 Å². The van der Waals surface area contributed by atoms with Crippen molar-refractivity contribution in [1.82, 2.24) is 4.90 Å². The van der Waals surface area contributed by atoms with Crippen molar-refractivity contribution in [2.45, 2.75) is 6.92 Å². The molecule has 1 heterocycles. The van der Waals surface area contributed by atoms with Crippen molar-refractivity contribution < 1.29 is 38.1 Å². The third-order valence-electron chi connectivity index (χ3n) is 4.65. The SMILES string of the molecule is CCOC(=O)COc1cc(/C=C2\SC(=O)N(CCOc3ccccc3OC)C2=O)ccc1OC. The van der Waals surface area contributed by atoms with Crippen LogP contribution in [0.15, 0.2) is 47.4 Å². The number of nitrogens with zero attached hydrogens (tertiary/aromatic N) is 1. The molecule has 0 aliphatic carbocycles. The van der Waals surface area contributed by atoms with Gasteiger partial charge in [-0.25, -0.2) is 4.79 Å². The van der Waals surface area contributed by atoms with Crippen LogP contribution in [0.1, 0.15) is 12.5 Å². The van der Waals surface area contributed by atoms with E-state index in [0.29, 0.717) is 28.6 Å². The Morgan fingerprint density at radius 1 is 0.971 bits per heavy atom. The Morgan fingerprint density at radius 3 is 2.38 bits per heavy atom. The summed E-state index contributed by atoms with van der Waals surface area (Å²) in [6, 6.07) is 12.1. The van der Waals surface area contributed by atoms with E-state index in [1.54, 1.807) is 49.4 Å². The fourth-order valence-corrected chi connectivity index (χ4v) is 3.93. The molecule has 2 aromatic rings. The number of amides is 2. The fraction of sp³-hybridized carbons (Fsp3) is 0.292. The number of rotatable bonds is 11. The molecular formula is C24H25NO8S. The second-order valence-electron chi connectivity index (χ2n) is 6.84. The van der Waals surface area contributed by atoms with E-state index in [1.165, 1.54) is 14.2 Å². The predicted octanol–water partition coefficient (Wildman–Crippen LogP) is 3.76. The molecule has 1 fully saturated rings. The van der Waals surface area contributed by atoms with E-state index in [2.05, 4.69) is 0 Å². The number of thioether (sulfide) groups is 1. The number of methoxy groups -OCH3 is 2. The number of benzene rings is 2. The molecule has 180 valence electrons. The van der Waals surface area contributed by atoms with Crippen molar-refractivity contribution in [1.29, 1.82) is 0 Å². The largest absolute Gasteiger partial charge is 0.493 e.